The number of likely N-dealkylation sites (N-methyl/N-ethyl adjacent to an activating group) is 1. The maximum atomic E-state index is 9.39. The zero-order valence-electron chi connectivity index (χ0n) is 14.4. The van der Waals surface area contributed by atoms with E-state index in [1.807, 2.05) is 14.0 Å². The SMILES string of the molecule is CNC(C)(CO)CCCOc1cc(C)ccc1C(C)(C)C. The van der Waals surface area contributed by atoms with Gasteiger partial charge in [0.1, 0.15) is 5.75 Å². The second kappa shape index (κ2) is 7.28. The number of rotatable bonds is 7. The topological polar surface area (TPSA) is 41.5 Å². The number of ether oxygens (including phenoxy) is 1. The van der Waals surface area contributed by atoms with E-state index in [1.165, 1.54) is 11.1 Å². The van der Waals surface area contributed by atoms with Crippen LogP contribution in [0.3, 0.4) is 0 Å². The Labute approximate surface area is 129 Å². The third kappa shape index (κ3) is 5.33. The van der Waals surface area contributed by atoms with E-state index in [1.54, 1.807) is 0 Å². The summed E-state index contributed by atoms with van der Waals surface area (Å²) in [6, 6.07) is 6.41. The van der Waals surface area contributed by atoms with Gasteiger partial charge in [-0.2, -0.15) is 0 Å². The van der Waals surface area contributed by atoms with Crippen molar-refractivity contribution >= 4 is 0 Å². The summed E-state index contributed by atoms with van der Waals surface area (Å²) < 4.78 is 6.02. The van der Waals surface area contributed by atoms with Crippen LogP contribution in [-0.2, 0) is 5.41 Å². The Morgan fingerprint density at radius 1 is 1.19 bits per heavy atom. The molecule has 0 radical (unpaired) electrons. The summed E-state index contributed by atoms with van der Waals surface area (Å²) in [4.78, 5) is 0. The Hall–Kier alpha value is -1.06. The lowest BCUT2D eigenvalue weighted by Gasteiger charge is -2.27. The van der Waals surface area contributed by atoms with Crippen molar-refractivity contribution in [3.8, 4) is 5.75 Å². The summed E-state index contributed by atoms with van der Waals surface area (Å²) >= 11 is 0. The summed E-state index contributed by atoms with van der Waals surface area (Å²) in [5.74, 6) is 0.984. The number of aliphatic hydroxyl groups is 1. The van der Waals surface area contributed by atoms with Gasteiger partial charge in [-0.3, -0.25) is 0 Å². The van der Waals surface area contributed by atoms with Gasteiger partial charge in [0.25, 0.3) is 0 Å². The molecule has 2 N–H and O–H groups in total. The first-order valence-corrected chi connectivity index (χ1v) is 7.75. The lowest BCUT2D eigenvalue weighted by atomic mass is 9.86. The second-order valence-electron chi connectivity index (χ2n) is 7.17. The Morgan fingerprint density at radius 2 is 1.86 bits per heavy atom. The van der Waals surface area contributed by atoms with E-state index < -0.39 is 0 Å². The van der Waals surface area contributed by atoms with Crippen LogP contribution < -0.4 is 10.1 Å². The van der Waals surface area contributed by atoms with Crippen molar-refractivity contribution in [2.24, 2.45) is 0 Å². The predicted octanol–water partition coefficient (Wildman–Crippen LogP) is 3.42. The van der Waals surface area contributed by atoms with E-state index in [0.717, 1.165) is 18.6 Å². The number of nitrogens with one attached hydrogen (secondary N) is 1. The third-order valence-electron chi connectivity index (χ3n) is 4.03. The molecule has 1 atom stereocenters. The van der Waals surface area contributed by atoms with Crippen molar-refractivity contribution in [2.45, 2.75) is 58.4 Å². The number of benzene rings is 1. The number of hydrogen-bond acceptors (Lipinski definition) is 3. The maximum Gasteiger partial charge on any atom is 0.123 e. The highest BCUT2D eigenvalue weighted by Crippen LogP contribution is 2.32. The summed E-state index contributed by atoms with van der Waals surface area (Å²) in [5.41, 5.74) is 2.32. The molecule has 1 aromatic rings. The summed E-state index contributed by atoms with van der Waals surface area (Å²) in [6.45, 7) is 11.5. The highest BCUT2D eigenvalue weighted by molar-refractivity contribution is 5.41. The molecule has 3 nitrogen and oxygen atoms in total. The van der Waals surface area contributed by atoms with Gasteiger partial charge in [-0.25, -0.2) is 0 Å². The van der Waals surface area contributed by atoms with E-state index in [4.69, 9.17) is 4.74 Å². The Kier molecular flexibility index (Phi) is 6.24. The molecule has 3 heteroatoms. The van der Waals surface area contributed by atoms with Crippen LogP contribution >= 0.6 is 0 Å². The molecule has 0 bridgehead atoms. The highest BCUT2D eigenvalue weighted by Gasteiger charge is 2.21. The molecular weight excluding hydrogens is 262 g/mol. The first kappa shape index (κ1) is 18.0. The molecular formula is C18H31NO2. The zero-order valence-corrected chi connectivity index (χ0v) is 14.4. The molecule has 1 unspecified atom stereocenters. The van der Waals surface area contributed by atoms with E-state index in [0.29, 0.717) is 6.61 Å². The first-order valence-electron chi connectivity index (χ1n) is 7.75. The quantitative estimate of drug-likeness (QED) is 0.757. The molecule has 120 valence electrons. The Morgan fingerprint density at radius 3 is 2.38 bits per heavy atom. The highest BCUT2D eigenvalue weighted by atomic mass is 16.5. The predicted molar refractivity (Wildman–Crippen MR) is 89.2 cm³/mol. The molecule has 0 spiro atoms. The molecule has 0 amide bonds. The zero-order chi connectivity index (χ0) is 16.1. The van der Waals surface area contributed by atoms with Crippen LogP contribution in [0.4, 0.5) is 0 Å². The van der Waals surface area contributed by atoms with Gasteiger partial charge in [0.05, 0.1) is 13.2 Å². The molecule has 0 saturated heterocycles. The smallest absolute Gasteiger partial charge is 0.123 e. The van der Waals surface area contributed by atoms with Crippen LogP contribution in [0.2, 0.25) is 0 Å². The number of aryl methyl sites for hydroxylation is 1. The van der Waals surface area contributed by atoms with Crippen LogP contribution in [0.1, 0.15) is 51.7 Å². The molecule has 1 rings (SSSR count). The fraction of sp³-hybridized carbons (Fsp3) is 0.667. The standard InChI is InChI=1S/C18H31NO2/c1-14-8-9-15(17(2,3)4)16(12-14)21-11-7-10-18(5,13-20)19-6/h8-9,12,19-20H,7,10-11,13H2,1-6H3. The second-order valence-corrected chi connectivity index (χ2v) is 7.17. The normalized spacial score (nSPS) is 14.8. The molecule has 0 aliphatic rings. The maximum absolute atomic E-state index is 9.39. The fourth-order valence-corrected chi connectivity index (χ4v) is 2.30. The molecule has 0 aliphatic carbocycles. The van der Waals surface area contributed by atoms with Crippen LogP contribution in [0.25, 0.3) is 0 Å². The molecule has 0 fully saturated rings. The lowest BCUT2D eigenvalue weighted by Crippen LogP contribution is -2.43. The van der Waals surface area contributed by atoms with E-state index >= 15 is 0 Å². The van der Waals surface area contributed by atoms with Gasteiger partial charge in [0, 0.05) is 5.54 Å². The molecule has 0 saturated carbocycles. The molecule has 1 aromatic carbocycles. The summed E-state index contributed by atoms with van der Waals surface area (Å²) in [6.07, 6.45) is 1.80. The van der Waals surface area contributed by atoms with Gasteiger partial charge in [-0.05, 0) is 56.3 Å². The summed E-state index contributed by atoms with van der Waals surface area (Å²) in [7, 11) is 1.88. The average Bonchev–Trinajstić information content (AvgIpc) is 2.42. The van der Waals surface area contributed by atoms with Crippen LogP contribution in [0, 0.1) is 6.92 Å². The molecule has 21 heavy (non-hydrogen) atoms. The first-order chi connectivity index (χ1) is 9.72. The van der Waals surface area contributed by atoms with Crippen LogP contribution in [0.5, 0.6) is 5.75 Å². The van der Waals surface area contributed by atoms with E-state index in [9.17, 15) is 5.11 Å². The monoisotopic (exact) mass is 293 g/mol. The van der Waals surface area contributed by atoms with Crippen molar-refractivity contribution in [3.63, 3.8) is 0 Å². The van der Waals surface area contributed by atoms with Gasteiger partial charge in [-0.1, -0.05) is 32.9 Å². The van der Waals surface area contributed by atoms with Gasteiger partial charge >= 0.3 is 0 Å². The van der Waals surface area contributed by atoms with Gasteiger partial charge in [0.2, 0.25) is 0 Å². The minimum atomic E-state index is -0.219. The average molecular weight is 293 g/mol. The summed E-state index contributed by atoms with van der Waals surface area (Å²) in [5, 5.41) is 12.6. The Balaban J connectivity index is 2.66. The van der Waals surface area contributed by atoms with Crippen LogP contribution in [-0.4, -0.2) is 30.9 Å². The third-order valence-corrected chi connectivity index (χ3v) is 4.03. The van der Waals surface area contributed by atoms with E-state index in [2.05, 4.69) is 51.2 Å². The van der Waals surface area contributed by atoms with Crippen molar-refractivity contribution in [3.05, 3.63) is 29.3 Å². The molecule has 0 aliphatic heterocycles. The largest absolute Gasteiger partial charge is 0.493 e. The Bertz CT molecular complexity index is 445. The number of aliphatic hydroxyl groups excluding tert-OH is 1. The minimum Gasteiger partial charge on any atom is -0.493 e. The van der Waals surface area contributed by atoms with Crippen molar-refractivity contribution in [2.75, 3.05) is 20.3 Å². The van der Waals surface area contributed by atoms with Gasteiger partial charge in [0.15, 0.2) is 0 Å². The number of hydrogen-bond donors (Lipinski definition) is 2. The van der Waals surface area contributed by atoms with Gasteiger partial charge in [-0.15, -0.1) is 0 Å². The lowest BCUT2D eigenvalue weighted by molar-refractivity contribution is 0.163. The van der Waals surface area contributed by atoms with Crippen LogP contribution in [0.15, 0.2) is 18.2 Å². The molecule has 0 aromatic heterocycles. The van der Waals surface area contributed by atoms with Crippen molar-refractivity contribution < 1.29 is 9.84 Å². The molecule has 0 heterocycles. The fourth-order valence-electron chi connectivity index (χ4n) is 2.30. The van der Waals surface area contributed by atoms with Crippen molar-refractivity contribution in [1.29, 1.82) is 0 Å². The van der Waals surface area contributed by atoms with Crippen molar-refractivity contribution in [1.82, 2.24) is 5.32 Å². The van der Waals surface area contributed by atoms with Gasteiger partial charge < -0.3 is 15.2 Å². The minimum absolute atomic E-state index is 0.0770. The van der Waals surface area contributed by atoms with E-state index in [-0.39, 0.29) is 17.6 Å².